The van der Waals surface area contributed by atoms with Crippen LogP contribution in [0.2, 0.25) is 0 Å². The normalized spacial score (nSPS) is 11.9. The van der Waals surface area contributed by atoms with Gasteiger partial charge in [-0.1, -0.05) is 97.3 Å². The van der Waals surface area contributed by atoms with Crippen LogP contribution < -0.4 is 60.1 Å². The smallest absolute Gasteiger partial charge is 0.143 e. The zero-order chi connectivity index (χ0) is 41.9. The molecule has 1 aromatic heterocycles. The van der Waals surface area contributed by atoms with Gasteiger partial charge in [-0.3, -0.25) is 4.57 Å². The average Bonchev–Trinajstić information content (AvgIpc) is 3.62. The Kier molecular flexibility index (Phi) is 9.69. The van der Waals surface area contributed by atoms with Crippen LogP contribution in [0.3, 0.4) is 0 Å². The van der Waals surface area contributed by atoms with Gasteiger partial charge in [0.05, 0.1) is 40.4 Å². The fourth-order valence-corrected chi connectivity index (χ4v) is 9.57. The number of phenolic OH excluding ortho intramolecular Hbond substituents is 2. The van der Waals surface area contributed by atoms with Crippen LogP contribution in [-0.4, -0.2) is 130 Å². The number of benzene rings is 7. The molecule has 0 unspecified atom stereocenters. The summed E-state index contributed by atoms with van der Waals surface area (Å²) in [5, 5.41) is 28.7. The van der Waals surface area contributed by atoms with E-state index in [0.29, 0.717) is 11.5 Å². The molecule has 0 aliphatic rings. The molecule has 0 aliphatic carbocycles. The molecule has 1 heterocycles. The van der Waals surface area contributed by atoms with Gasteiger partial charge in [0.25, 0.3) is 0 Å². The summed E-state index contributed by atoms with van der Waals surface area (Å²) >= 11 is 0. The van der Waals surface area contributed by atoms with Crippen molar-refractivity contribution in [1.29, 1.82) is 0 Å². The minimum atomic E-state index is -0.204. The van der Waals surface area contributed by atoms with Crippen molar-refractivity contribution in [2.45, 2.75) is 5.11 Å². The standard InChI is InChI=1S/C40H42B14N2O2/c41-26-21(37(57)36(51)34(49)30(26)45)16-9-2-1-8-15(16)20-24-22(27(42)31(46)32(47)29(24)44)19(23-25(20)38(58)35(50)33(48)28(23)43)13-6-5-7-14(12-13)56-18-11-4-3-10-17(18)55-39(56)40(52,53)54/h1-12,57-58H,41-54H2. The minimum absolute atomic E-state index is 0.204. The van der Waals surface area contributed by atoms with E-state index in [9.17, 15) is 10.2 Å². The zero-order valence-electron chi connectivity index (χ0n) is 36.7. The molecule has 8 rings (SSSR count). The van der Waals surface area contributed by atoms with Crippen LogP contribution in [0.5, 0.6) is 11.5 Å². The van der Waals surface area contributed by atoms with Gasteiger partial charge in [0.1, 0.15) is 97.8 Å². The Labute approximate surface area is 354 Å². The Hall–Kier alpha value is -4.96. The van der Waals surface area contributed by atoms with Crippen molar-refractivity contribution in [3.8, 4) is 50.6 Å². The minimum Gasteiger partial charge on any atom is -0.508 e. The first-order valence-electron chi connectivity index (χ1n) is 20.5. The summed E-state index contributed by atoms with van der Waals surface area (Å²) in [6, 6.07) is 25.8. The highest BCUT2D eigenvalue weighted by atomic mass is 16.3. The SMILES string of the molecule is Bc1c(B)c(B)c(-c2ccccc2-c2c3c(B)c(B)c(B)c(B)c3c(-c3cccc(-n4c(C(B)(B)B)nc5ccccc54)c3)c3c(B)c(B)c(B)c(O)c23)c(O)c1B. The van der Waals surface area contributed by atoms with Crippen LogP contribution in [0.25, 0.3) is 71.6 Å². The van der Waals surface area contributed by atoms with Crippen LogP contribution in [0.4, 0.5) is 0 Å². The van der Waals surface area contributed by atoms with Crippen LogP contribution in [-0.2, 0) is 5.11 Å². The number of hydrogen-bond donors (Lipinski definition) is 2. The largest absolute Gasteiger partial charge is 0.508 e. The molecule has 0 bridgehead atoms. The molecule has 0 atom stereocenters. The Bertz CT molecular complexity index is 2990. The molecule has 0 fully saturated rings. The molecular weight excluding hydrogens is 692 g/mol. The van der Waals surface area contributed by atoms with Crippen molar-refractivity contribution < 1.29 is 10.2 Å². The Morgan fingerprint density at radius 2 is 0.931 bits per heavy atom. The fourth-order valence-electron chi connectivity index (χ4n) is 9.57. The number of para-hydroxylation sites is 2. The predicted molar refractivity (Wildman–Crippen MR) is 293 cm³/mol. The molecule has 0 aliphatic heterocycles. The van der Waals surface area contributed by atoms with Crippen LogP contribution in [0, 0.1) is 0 Å². The van der Waals surface area contributed by atoms with Gasteiger partial charge in [-0.25, -0.2) is 4.98 Å². The number of hydrogen-bond acceptors (Lipinski definition) is 3. The van der Waals surface area contributed by atoms with Gasteiger partial charge in [0.15, 0.2) is 0 Å². The number of phenols is 2. The number of fused-ring (bicyclic) bond motifs is 3. The summed E-state index contributed by atoms with van der Waals surface area (Å²) in [5.74, 6) is 1.61. The van der Waals surface area contributed by atoms with Crippen molar-refractivity contribution in [3.63, 3.8) is 0 Å². The molecule has 8 aromatic rings. The van der Waals surface area contributed by atoms with Gasteiger partial charge in [-0.15, -0.1) is 16.4 Å². The zero-order valence-corrected chi connectivity index (χ0v) is 36.7. The predicted octanol–water partition coefficient (Wildman–Crippen LogP) is -12.4. The Balaban J connectivity index is 1.61. The Morgan fingerprint density at radius 1 is 0.448 bits per heavy atom. The lowest BCUT2D eigenvalue weighted by Crippen LogP contribution is -2.48. The maximum absolute atomic E-state index is 12.7. The van der Waals surface area contributed by atoms with Crippen molar-refractivity contribution in [2.75, 3.05) is 0 Å². The summed E-state index contributed by atoms with van der Waals surface area (Å²) in [7, 11) is 30.4. The summed E-state index contributed by atoms with van der Waals surface area (Å²) in [4.78, 5) is 5.17. The summed E-state index contributed by atoms with van der Waals surface area (Å²) in [5.41, 5.74) is 21.3. The van der Waals surface area contributed by atoms with Gasteiger partial charge < -0.3 is 10.2 Å². The fraction of sp³-hybridized carbons (Fsp3) is 0.0250. The molecular formula is C40H42B14N2O2. The molecule has 2 N–H and O–H groups in total. The molecule has 0 amide bonds. The second kappa shape index (κ2) is 14.1. The van der Waals surface area contributed by atoms with E-state index in [0.717, 1.165) is 105 Å². The van der Waals surface area contributed by atoms with Crippen molar-refractivity contribution >= 4 is 203 Å². The first-order chi connectivity index (χ1) is 27.4. The molecule has 7 aromatic carbocycles. The van der Waals surface area contributed by atoms with Crippen LogP contribution in [0.15, 0.2) is 72.8 Å². The van der Waals surface area contributed by atoms with E-state index in [-0.39, 0.29) is 5.11 Å². The molecule has 18 heteroatoms. The third-order valence-corrected chi connectivity index (χ3v) is 13.8. The summed E-state index contributed by atoms with van der Waals surface area (Å²) in [6.07, 6.45) is 0. The van der Waals surface area contributed by atoms with Crippen molar-refractivity contribution in [1.82, 2.24) is 9.55 Å². The summed E-state index contributed by atoms with van der Waals surface area (Å²) < 4.78 is 2.32. The number of nitrogens with zero attached hydrogens (tertiary/aromatic N) is 2. The highest BCUT2D eigenvalue weighted by Crippen LogP contribution is 2.47. The molecule has 4 nitrogen and oxygen atoms in total. The topological polar surface area (TPSA) is 58.3 Å². The monoisotopic (exact) mass is 736 g/mol. The lowest BCUT2D eigenvalue weighted by molar-refractivity contribution is 0.482. The van der Waals surface area contributed by atoms with Gasteiger partial charge in [0.2, 0.25) is 0 Å². The van der Waals surface area contributed by atoms with E-state index in [1.54, 1.807) is 0 Å². The molecule has 0 radical (unpaired) electrons. The maximum Gasteiger partial charge on any atom is 0.143 e. The highest BCUT2D eigenvalue weighted by Gasteiger charge is 2.29. The lowest BCUT2D eigenvalue weighted by Gasteiger charge is -2.28. The van der Waals surface area contributed by atoms with E-state index >= 15 is 0 Å². The number of aromatic nitrogens is 2. The molecule has 0 spiro atoms. The van der Waals surface area contributed by atoms with Crippen LogP contribution in [0.1, 0.15) is 5.82 Å². The number of aromatic hydroxyl groups is 2. The van der Waals surface area contributed by atoms with Gasteiger partial charge in [-0.2, -0.15) is 0 Å². The first kappa shape index (κ1) is 39.8. The van der Waals surface area contributed by atoms with E-state index in [1.165, 1.54) is 32.7 Å². The molecule has 266 valence electrons. The van der Waals surface area contributed by atoms with E-state index in [2.05, 4.69) is 172 Å². The van der Waals surface area contributed by atoms with E-state index < -0.39 is 0 Å². The third kappa shape index (κ3) is 5.75. The van der Waals surface area contributed by atoms with E-state index in [1.807, 2.05) is 15.7 Å². The van der Waals surface area contributed by atoms with Gasteiger partial charge in [0, 0.05) is 22.2 Å². The lowest BCUT2D eigenvalue weighted by atomic mass is 9.42. The second-order valence-corrected chi connectivity index (χ2v) is 17.8. The average molecular weight is 734 g/mol. The number of rotatable bonds is 5. The van der Waals surface area contributed by atoms with Gasteiger partial charge in [-0.05, 0) is 62.7 Å². The Morgan fingerprint density at radius 3 is 1.55 bits per heavy atom. The van der Waals surface area contributed by atoms with Gasteiger partial charge >= 0.3 is 0 Å². The second-order valence-electron chi connectivity index (χ2n) is 17.8. The quantitative estimate of drug-likeness (QED) is 0.137. The first-order valence-corrected chi connectivity index (χ1v) is 20.5. The van der Waals surface area contributed by atoms with E-state index in [4.69, 9.17) is 4.98 Å². The molecule has 0 saturated carbocycles. The third-order valence-electron chi connectivity index (χ3n) is 13.8. The van der Waals surface area contributed by atoms with Crippen molar-refractivity contribution in [3.05, 3.63) is 78.6 Å². The highest BCUT2D eigenvalue weighted by molar-refractivity contribution is 6.70. The maximum atomic E-state index is 12.7. The van der Waals surface area contributed by atoms with Crippen LogP contribution >= 0.6 is 0 Å². The van der Waals surface area contributed by atoms with Crippen molar-refractivity contribution in [2.24, 2.45) is 0 Å². The molecule has 0 saturated heterocycles. The molecule has 58 heavy (non-hydrogen) atoms. The number of imidazole rings is 1. The summed E-state index contributed by atoms with van der Waals surface area (Å²) in [6.45, 7) is 0.